The molecular weight excluding hydrogens is 348 g/mol. The second-order valence-corrected chi connectivity index (χ2v) is 6.12. The van der Waals surface area contributed by atoms with Crippen LogP contribution in [0.1, 0.15) is 30.5 Å². The fraction of sp³-hybridized carbons (Fsp3) is 0.238. The highest BCUT2D eigenvalue weighted by Gasteiger charge is 2.19. The summed E-state index contributed by atoms with van der Waals surface area (Å²) in [6.45, 7) is 4.92. The summed E-state index contributed by atoms with van der Waals surface area (Å²) < 4.78 is 21.6. The van der Waals surface area contributed by atoms with Crippen molar-refractivity contribution in [2.75, 3.05) is 13.7 Å². The maximum atomic E-state index is 11.2. The van der Waals surface area contributed by atoms with Crippen LogP contribution in [0.2, 0.25) is 0 Å². The molecule has 0 saturated heterocycles. The molecule has 0 aliphatic carbocycles. The second-order valence-electron chi connectivity index (χ2n) is 6.12. The summed E-state index contributed by atoms with van der Waals surface area (Å²) in [6, 6.07) is 8.95. The summed E-state index contributed by atoms with van der Waals surface area (Å²) in [5.41, 5.74) is 3.53. The van der Waals surface area contributed by atoms with Gasteiger partial charge in [0.05, 0.1) is 7.11 Å². The Bertz CT molecular complexity index is 942. The summed E-state index contributed by atoms with van der Waals surface area (Å²) in [6.07, 6.45) is 2.02. The number of esters is 2. The van der Waals surface area contributed by atoms with Crippen molar-refractivity contribution in [3.05, 3.63) is 47.0 Å². The Kier molecular flexibility index (Phi) is 5.16. The number of fused-ring (bicyclic) bond motifs is 1. The van der Waals surface area contributed by atoms with Gasteiger partial charge in [0.2, 0.25) is 0 Å². The normalized spacial score (nSPS) is 12.4. The van der Waals surface area contributed by atoms with E-state index in [0.29, 0.717) is 29.6 Å². The van der Waals surface area contributed by atoms with Crippen LogP contribution in [0.25, 0.3) is 11.6 Å². The van der Waals surface area contributed by atoms with Gasteiger partial charge in [-0.1, -0.05) is 6.07 Å². The molecule has 1 aliphatic heterocycles. The third kappa shape index (κ3) is 3.95. The Hall–Kier alpha value is -3.28. The molecule has 6 nitrogen and oxygen atoms in total. The second kappa shape index (κ2) is 7.53. The van der Waals surface area contributed by atoms with Crippen molar-refractivity contribution in [3.63, 3.8) is 0 Å². The van der Waals surface area contributed by atoms with Crippen LogP contribution < -0.4 is 18.9 Å². The number of ether oxygens (including phenoxy) is 4. The van der Waals surface area contributed by atoms with E-state index in [9.17, 15) is 9.59 Å². The van der Waals surface area contributed by atoms with Gasteiger partial charge >= 0.3 is 11.9 Å². The molecule has 2 aromatic rings. The summed E-state index contributed by atoms with van der Waals surface area (Å²) in [5.74, 6) is 1.25. The molecule has 0 radical (unpaired) electrons. The van der Waals surface area contributed by atoms with E-state index in [1.165, 1.54) is 21.0 Å². The van der Waals surface area contributed by atoms with E-state index in [-0.39, 0.29) is 5.97 Å². The predicted molar refractivity (Wildman–Crippen MR) is 100 cm³/mol. The van der Waals surface area contributed by atoms with E-state index in [4.69, 9.17) is 18.9 Å². The quantitative estimate of drug-likeness (QED) is 0.604. The van der Waals surface area contributed by atoms with Gasteiger partial charge in [0.1, 0.15) is 18.1 Å². The Labute approximate surface area is 157 Å². The van der Waals surface area contributed by atoms with E-state index >= 15 is 0 Å². The Morgan fingerprint density at radius 2 is 1.63 bits per heavy atom. The first-order valence-corrected chi connectivity index (χ1v) is 8.41. The largest absolute Gasteiger partial charge is 0.493 e. The van der Waals surface area contributed by atoms with Crippen LogP contribution >= 0.6 is 0 Å². The number of hydrogen-bond donors (Lipinski definition) is 0. The van der Waals surface area contributed by atoms with Gasteiger partial charge in [-0.2, -0.15) is 0 Å². The number of carbonyl (C=O) groups excluding carboxylic acids is 2. The summed E-state index contributed by atoms with van der Waals surface area (Å²) in [7, 11) is 1.52. The minimum atomic E-state index is -0.408. The molecule has 0 spiro atoms. The summed E-state index contributed by atoms with van der Waals surface area (Å²) in [5, 5.41) is 0. The fourth-order valence-corrected chi connectivity index (χ4v) is 2.92. The van der Waals surface area contributed by atoms with E-state index in [1.807, 2.05) is 25.1 Å². The van der Waals surface area contributed by atoms with E-state index in [1.54, 1.807) is 18.2 Å². The highest BCUT2D eigenvalue weighted by molar-refractivity contribution is 5.87. The zero-order valence-electron chi connectivity index (χ0n) is 15.6. The van der Waals surface area contributed by atoms with Gasteiger partial charge in [0.15, 0.2) is 11.5 Å². The maximum absolute atomic E-state index is 11.2. The van der Waals surface area contributed by atoms with Crippen LogP contribution in [0.4, 0.5) is 0 Å². The van der Waals surface area contributed by atoms with Crippen molar-refractivity contribution in [1.82, 2.24) is 0 Å². The fourth-order valence-electron chi connectivity index (χ4n) is 2.92. The SMILES string of the molecule is COc1cc(C2=Cc3ccc(OC(C)=O)c(C)c3OC2)ccc1OC(C)=O. The number of hydrogen-bond acceptors (Lipinski definition) is 6. The lowest BCUT2D eigenvalue weighted by Gasteiger charge is -2.22. The first-order valence-electron chi connectivity index (χ1n) is 8.41. The van der Waals surface area contributed by atoms with Gasteiger partial charge in [0.25, 0.3) is 0 Å². The minimum absolute atomic E-state index is 0.355. The van der Waals surface area contributed by atoms with E-state index < -0.39 is 5.97 Å². The molecule has 0 aromatic heterocycles. The molecule has 0 unspecified atom stereocenters. The third-order valence-electron chi connectivity index (χ3n) is 4.13. The van der Waals surface area contributed by atoms with Crippen LogP contribution in [0.15, 0.2) is 30.3 Å². The van der Waals surface area contributed by atoms with Crippen LogP contribution in [0, 0.1) is 6.92 Å². The molecule has 27 heavy (non-hydrogen) atoms. The maximum Gasteiger partial charge on any atom is 0.308 e. The van der Waals surface area contributed by atoms with Gasteiger partial charge in [-0.3, -0.25) is 9.59 Å². The molecule has 0 atom stereocenters. The Balaban J connectivity index is 1.95. The van der Waals surface area contributed by atoms with Gasteiger partial charge in [-0.25, -0.2) is 0 Å². The van der Waals surface area contributed by atoms with Crippen LogP contribution in [0.5, 0.6) is 23.0 Å². The monoisotopic (exact) mass is 368 g/mol. The number of carbonyl (C=O) groups is 2. The molecule has 0 amide bonds. The zero-order valence-corrected chi connectivity index (χ0v) is 15.6. The molecule has 1 heterocycles. The summed E-state index contributed by atoms with van der Waals surface area (Å²) in [4.78, 5) is 22.4. The molecule has 0 fully saturated rings. The topological polar surface area (TPSA) is 71.1 Å². The highest BCUT2D eigenvalue weighted by atomic mass is 16.6. The number of rotatable bonds is 4. The molecule has 6 heteroatoms. The number of methoxy groups -OCH3 is 1. The average Bonchev–Trinajstić information content (AvgIpc) is 2.63. The van der Waals surface area contributed by atoms with Crippen LogP contribution in [-0.4, -0.2) is 25.7 Å². The third-order valence-corrected chi connectivity index (χ3v) is 4.13. The lowest BCUT2D eigenvalue weighted by molar-refractivity contribution is -0.132. The first kappa shape index (κ1) is 18.5. The van der Waals surface area contributed by atoms with Crippen molar-refractivity contribution in [1.29, 1.82) is 0 Å². The minimum Gasteiger partial charge on any atom is -0.493 e. The molecule has 0 N–H and O–H groups in total. The lowest BCUT2D eigenvalue weighted by atomic mass is 9.98. The molecule has 0 bridgehead atoms. The van der Waals surface area contributed by atoms with Crippen LogP contribution in [0.3, 0.4) is 0 Å². The van der Waals surface area contributed by atoms with Gasteiger partial charge in [0, 0.05) is 25.0 Å². The van der Waals surface area contributed by atoms with Crippen molar-refractivity contribution < 1.29 is 28.5 Å². The highest BCUT2D eigenvalue weighted by Crippen LogP contribution is 2.39. The smallest absolute Gasteiger partial charge is 0.308 e. The average molecular weight is 368 g/mol. The lowest BCUT2D eigenvalue weighted by Crippen LogP contribution is -2.10. The van der Waals surface area contributed by atoms with Crippen molar-refractivity contribution >= 4 is 23.6 Å². The molecule has 2 aromatic carbocycles. The van der Waals surface area contributed by atoms with Crippen LogP contribution in [-0.2, 0) is 9.59 Å². The van der Waals surface area contributed by atoms with Gasteiger partial charge in [-0.15, -0.1) is 0 Å². The summed E-state index contributed by atoms with van der Waals surface area (Å²) >= 11 is 0. The number of benzene rings is 2. The Morgan fingerprint density at radius 3 is 2.30 bits per heavy atom. The first-order chi connectivity index (χ1) is 12.9. The van der Waals surface area contributed by atoms with Crippen molar-refractivity contribution in [3.8, 4) is 23.0 Å². The van der Waals surface area contributed by atoms with Crippen molar-refractivity contribution in [2.24, 2.45) is 0 Å². The predicted octanol–water partition coefficient (Wildman–Crippen LogP) is 3.79. The Morgan fingerprint density at radius 1 is 0.963 bits per heavy atom. The zero-order chi connectivity index (χ0) is 19.6. The van der Waals surface area contributed by atoms with Gasteiger partial charge < -0.3 is 18.9 Å². The molecule has 1 aliphatic rings. The van der Waals surface area contributed by atoms with E-state index in [2.05, 4.69) is 0 Å². The molecular formula is C21H20O6. The van der Waals surface area contributed by atoms with Crippen molar-refractivity contribution in [2.45, 2.75) is 20.8 Å². The standard InChI is InChI=1S/C21H20O6/c1-12-18(26-13(2)22)7-6-16-9-17(11-25-21(12)16)15-5-8-19(27-14(3)23)20(10-15)24-4/h5-10H,11H2,1-4H3. The molecule has 3 rings (SSSR count). The molecule has 0 saturated carbocycles. The van der Waals surface area contributed by atoms with Gasteiger partial charge in [-0.05, 0) is 48.4 Å². The molecule has 140 valence electrons. The van der Waals surface area contributed by atoms with E-state index in [0.717, 1.165) is 22.3 Å².